The van der Waals surface area contributed by atoms with Crippen LogP contribution in [0.3, 0.4) is 0 Å². The molecule has 14 heavy (non-hydrogen) atoms. The van der Waals surface area contributed by atoms with Crippen molar-refractivity contribution in [3.63, 3.8) is 0 Å². The molecule has 76 valence electrons. The second-order valence-electron chi connectivity index (χ2n) is 3.34. The third-order valence-corrected chi connectivity index (χ3v) is 2.72. The van der Waals surface area contributed by atoms with Gasteiger partial charge in [-0.25, -0.2) is 9.97 Å². The van der Waals surface area contributed by atoms with Crippen LogP contribution in [0.25, 0.3) is 0 Å². The highest BCUT2D eigenvalue weighted by molar-refractivity contribution is 9.10. The van der Waals surface area contributed by atoms with Gasteiger partial charge in [-0.1, -0.05) is 0 Å². The second-order valence-corrected chi connectivity index (χ2v) is 4.26. The van der Waals surface area contributed by atoms with Gasteiger partial charge in [0.25, 0.3) is 0 Å². The molecule has 0 unspecified atom stereocenters. The molecule has 2 atom stereocenters. The van der Waals surface area contributed by atoms with Crippen LogP contribution in [0.1, 0.15) is 13.3 Å². The molecule has 5 heteroatoms. The number of hydrogen-bond acceptors (Lipinski definition) is 4. The molecule has 1 aliphatic heterocycles. The van der Waals surface area contributed by atoms with Gasteiger partial charge in [0.15, 0.2) is 0 Å². The molecule has 1 aromatic rings. The highest BCUT2D eigenvalue weighted by atomic mass is 79.9. The Kier molecular flexibility index (Phi) is 2.98. The molecular weight excluding hydrogens is 246 g/mol. The van der Waals surface area contributed by atoms with Crippen molar-refractivity contribution in [1.82, 2.24) is 9.97 Å². The fourth-order valence-electron chi connectivity index (χ4n) is 1.47. The Morgan fingerprint density at radius 1 is 1.50 bits per heavy atom. The van der Waals surface area contributed by atoms with E-state index in [0.717, 1.165) is 17.5 Å². The third kappa shape index (κ3) is 2.22. The van der Waals surface area contributed by atoms with Gasteiger partial charge < -0.3 is 10.1 Å². The summed E-state index contributed by atoms with van der Waals surface area (Å²) in [6.07, 6.45) is 4.72. The van der Waals surface area contributed by atoms with Gasteiger partial charge in [-0.2, -0.15) is 0 Å². The monoisotopic (exact) mass is 257 g/mol. The van der Waals surface area contributed by atoms with Crippen LogP contribution >= 0.6 is 15.9 Å². The fourth-order valence-corrected chi connectivity index (χ4v) is 1.68. The van der Waals surface area contributed by atoms with Crippen LogP contribution in [0.5, 0.6) is 0 Å². The molecule has 4 nitrogen and oxygen atoms in total. The van der Waals surface area contributed by atoms with E-state index in [4.69, 9.17) is 4.74 Å². The van der Waals surface area contributed by atoms with Gasteiger partial charge in [-0.15, -0.1) is 0 Å². The first-order valence-electron chi connectivity index (χ1n) is 4.61. The van der Waals surface area contributed by atoms with E-state index in [1.165, 1.54) is 0 Å². The molecule has 0 aromatic carbocycles. The summed E-state index contributed by atoms with van der Waals surface area (Å²) in [6, 6.07) is 0.330. The van der Waals surface area contributed by atoms with E-state index in [1.807, 2.05) is 0 Å². The van der Waals surface area contributed by atoms with Crippen molar-refractivity contribution in [3.8, 4) is 0 Å². The molecule has 1 saturated heterocycles. The Morgan fingerprint density at radius 3 is 2.79 bits per heavy atom. The maximum atomic E-state index is 5.43. The molecule has 1 aliphatic rings. The molecule has 2 rings (SSSR count). The van der Waals surface area contributed by atoms with E-state index in [1.54, 1.807) is 12.4 Å². The normalized spacial score (nSPS) is 26.4. The molecule has 0 amide bonds. The molecule has 0 spiro atoms. The lowest BCUT2D eigenvalue weighted by atomic mass is 10.2. The van der Waals surface area contributed by atoms with E-state index >= 15 is 0 Å². The molecule has 0 saturated carbocycles. The Morgan fingerprint density at radius 2 is 2.21 bits per heavy atom. The first-order valence-corrected chi connectivity index (χ1v) is 5.40. The summed E-state index contributed by atoms with van der Waals surface area (Å²) in [4.78, 5) is 8.30. The number of hydrogen-bond donors (Lipinski definition) is 1. The van der Waals surface area contributed by atoms with Crippen molar-refractivity contribution in [2.45, 2.75) is 25.5 Å². The van der Waals surface area contributed by atoms with Crippen molar-refractivity contribution >= 4 is 21.9 Å². The number of rotatable bonds is 2. The zero-order chi connectivity index (χ0) is 9.97. The number of anilines is 1. The summed E-state index contributed by atoms with van der Waals surface area (Å²) in [6.45, 7) is 2.87. The molecule has 1 N–H and O–H groups in total. The van der Waals surface area contributed by atoms with Gasteiger partial charge in [0.05, 0.1) is 16.6 Å². The number of halogens is 1. The van der Waals surface area contributed by atoms with Gasteiger partial charge >= 0.3 is 0 Å². The lowest BCUT2D eigenvalue weighted by Gasteiger charge is -2.15. The Hall–Kier alpha value is -0.680. The minimum absolute atomic E-state index is 0.238. The SMILES string of the molecule is C[C@H]1OCC[C@H]1Nc1ncc(Br)cn1. The second kappa shape index (κ2) is 4.23. The zero-order valence-electron chi connectivity index (χ0n) is 7.90. The standard InChI is InChI=1S/C9H12BrN3O/c1-6-8(2-3-14-6)13-9-11-4-7(10)5-12-9/h4-6,8H,2-3H2,1H3,(H,11,12,13)/t6-,8-/m1/s1. The van der Waals surface area contributed by atoms with Crippen molar-refractivity contribution in [3.05, 3.63) is 16.9 Å². The Bertz CT molecular complexity index is 303. The Labute approximate surface area is 91.2 Å². The van der Waals surface area contributed by atoms with E-state index in [0.29, 0.717) is 12.0 Å². The van der Waals surface area contributed by atoms with Crippen LogP contribution in [-0.4, -0.2) is 28.7 Å². The third-order valence-electron chi connectivity index (χ3n) is 2.31. The van der Waals surface area contributed by atoms with Gasteiger partial charge in [0.2, 0.25) is 5.95 Å². The van der Waals surface area contributed by atoms with Crippen molar-refractivity contribution in [1.29, 1.82) is 0 Å². The zero-order valence-corrected chi connectivity index (χ0v) is 9.49. The molecule has 1 fully saturated rings. The Balaban J connectivity index is 2.00. The van der Waals surface area contributed by atoms with Gasteiger partial charge in [-0.3, -0.25) is 0 Å². The van der Waals surface area contributed by atoms with Gasteiger partial charge in [-0.05, 0) is 29.3 Å². The number of nitrogens with one attached hydrogen (secondary N) is 1. The molecule has 1 aromatic heterocycles. The minimum atomic E-state index is 0.238. The van der Waals surface area contributed by atoms with Gasteiger partial charge in [0, 0.05) is 19.0 Å². The largest absolute Gasteiger partial charge is 0.376 e. The first kappa shape index (κ1) is 9.86. The predicted octanol–water partition coefficient (Wildman–Crippen LogP) is 1.83. The van der Waals surface area contributed by atoms with E-state index < -0.39 is 0 Å². The summed E-state index contributed by atoms with van der Waals surface area (Å²) >= 11 is 3.29. The van der Waals surface area contributed by atoms with E-state index in [2.05, 4.69) is 38.1 Å². The summed E-state index contributed by atoms with van der Waals surface area (Å²) in [7, 11) is 0. The summed E-state index contributed by atoms with van der Waals surface area (Å²) < 4.78 is 6.32. The molecule has 2 heterocycles. The number of ether oxygens (including phenoxy) is 1. The van der Waals surface area contributed by atoms with Crippen LogP contribution in [-0.2, 0) is 4.74 Å². The summed E-state index contributed by atoms with van der Waals surface area (Å²) in [5, 5.41) is 3.25. The highest BCUT2D eigenvalue weighted by Gasteiger charge is 2.24. The average molecular weight is 258 g/mol. The van der Waals surface area contributed by atoms with Gasteiger partial charge in [0.1, 0.15) is 0 Å². The quantitative estimate of drug-likeness (QED) is 0.879. The maximum absolute atomic E-state index is 5.43. The lowest BCUT2D eigenvalue weighted by Crippen LogP contribution is -2.27. The predicted molar refractivity (Wildman–Crippen MR) is 57.2 cm³/mol. The minimum Gasteiger partial charge on any atom is -0.376 e. The number of nitrogens with zero attached hydrogens (tertiary/aromatic N) is 2. The maximum Gasteiger partial charge on any atom is 0.222 e. The first-order chi connectivity index (χ1) is 6.75. The average Bonchev–Trinajstić information content (AvgIpc) is 2.56. The van der Waals surface area contributed by atoms with Crippen LogP contribution < -0.4 is 5.32 Å². The molecule has 0 aliphatic carbocycles. The fraction of sp³-hybridized carbons (Fsp3) is 0.556. The highest BCUT2D eigenvalue weighted by Crippen LogP contribution is 2.16. The van der Waals surface area contributed by atoms with Crippen LogP contribution in [0.15, 0.2) is 16.9 Å². The van der Waals surface area contributed by atoms with Crippen molar-refractivity contribution in [2.75, 3.05) is 11.9 Å². The van der Waals surface area contributed by atoms with E-state index in [9.17, 15) is 0 Å². The molecule has 0 bridgehead atoms. The van der Waals surface area contributed by atoms with Crippen LogP contribution in [0.4, 0.5) is 5.95 Å². The topological polar surface area (TPSA) is 47.0 Å². The van der Waals surface area contributed by atoms with Crippen molar-refractivity contribution < 1.29 is 4.74 Å². The molecular formula is C9H12BrN3O. The van der Waals surface area contributed by atoms with Crippen LogP contribution in [0, 0.1) is 0 Å². The van der Waals surface area contributed by atoms with Crippen LogP contribution in [0.2, 0.25) is 0 Å². The summed E-state index contributed by atoms with van der Waals surface area (Å²) in [5.41, 5.74) is 0. The molecule has 0 radical (unpaired) electrons. The summed E-state index contributed by atoms with van der Waals surface area (Å²) in [5.74, 6) is 0.663. The van der Waals surface area contributed by atoms with Crippen molar-refractivity contribution in [2.24, 2.45) is 0 Å². The number of aromatic nitrogens is 2. The lowest BCUT2D eigenvalue weighted by molar-refractivity contribution is 0.121. The van der Waals surface area contributed by atoms with E-state index in [-0.39, 0.29) is 6.10 Å². The smallest absolute Gasteiger partial charge is 0.222 e.